The fraction of sp³-hybridized carbons (Fsp3) is 0.571. The second-order valence-corrected chi connectivity index (χ2v) is 5.14. The summed E-state index contributed by atoms with van der Waals surface area (Å²) in [6, 6.07) is 5.23. The topological polar surface area (TPSA) is 32.5 Å². The molecule has 18 heavy (non-hydrogen) atoms. The first-order valence-electron chi connectivity index (χ1n) is 6.56. The van der Waals surface area contributed by atoms with Gasteiger partial charge in [-0.3, -0.25) is 0 Å². The zero-order valence-electron chi connectivity index (χ0n) is 11.2. The number of nitrogens with zero attached hydrogens (tertiary/aromatic N) is 2. The Bertz CT molecular complexity index is 406. The molecule has 1 heterocycles. The first-order valence-corrected chi connectivity index (χ1v) is 6.56. The SMILES string of the molecule is C[C@@H](N)c1ccc(N2CCCN(C)CC2)c(F)c1. The molecule has 0 unspecified atom stereocenters. The monoisotopic (exact) mass is 251 g/mol. The van der Waals surface area contributed by atoms with Gasteiger partial charge >= 0.3 is 0 Å². The van der Waals surface area contributed by atoms with Crippen LogP contribution in [0.15, 0.2) is 18.2 Å². The zero-order valence-corrected chi connectivity index (χ0v) is 11.2. The van der Waals surface area contributed by atoms with Crippen molar-refractivity contribution in [3.8, 4) is 0 Å². The van der Waals surface area contributed by atoms with Crippen LogP contribution in [-0.2, 0) is 0 Å². The molecule has 0 saturated carbocycles. The number of nitrogens with two attached hydrogens (primary N) is 1. The number of halogens is 1. The maximum absolute atomic E-state index is 14.1. The van der Waals surface area contributed by atoms with E-state index in [0.717, 1.165) is 38.2 Å². The van der Waals surface area contributed by atoms with Gasteiger partial charge in [0.05, 0.1) is 5.69 Å². The van der Waals surface area contributed by atoms with Crippen LogP contribution in [0.25, 0.3) is 0 Å². The summed E-state index contributed by atoms with van der Waals surface area (Å²) in [4.78, 5) is 4.41. The molecule has 1 atom stereocenters. The molecule has 0 amide bonds. The summed E-state index contributed by atoms with van der Waals surface area (Å²) in [5, 5.41) is 0. The van der Waals surface area contributed by atoms with Crippen molar-refractivity contribution in [2.45, 2.75) is 19.4 Å². The van der Waals surface area contributed by atoms with E-state index in [4.69, 9.17) is 5.73 Å². The minimum atomic E-state index is -0.158. The second kappa shape index (κ2) is 5.67. The van der Waals surface area contributed by atoms with Crippen LogP contribution >= 0.6 is 0 Å². The molecule has 0 aliphatic carbocycles. The number of hydrogen-bond acceptors (Lipinski definition) is 3. The van der Waals surface area contributed by atoms with E-state index >= 15 is 0 Å². The normalized spacial score (nSPS) is 19.7. The largest absolute Gasteiger partial charge is 0.368 e. The molecule has 1 aromatic rings. The third kappa shape index (κ3) is 3.00. The van der Waals surface area contributed by atoms with Crippen molar-refractivity contribution in [3.05, 3.63) is 29.6 Å². The van der Waals surface area contributed by atoms with E-state index in [1.165, 1.54) is 0 Å². The van der Waals surface area contributed by atoms with Crippen molar-refractivity contribution >= 4 is 5.69 Å². The highest BCUT2D eigenvalue weighted by Gasteiger charge is 2.16. The standard InChI is InChI=1S/C14H22FN3/c1-11(16)12-4-5-14(13(15)10-12)18-7-3-6-17(2)8-9-18/h4-5,10-11H,3,6-9,16H2,1-2H3/t11-/m1/s1. The summed E-state index contributed by atoms with van der Waals surface area (Å²) < 4.78 is 14.1. The van der Waals surface area contributed by atoms with E-state index in [1.807, 2.05) is 19.1 Å². The van der Waals surface area contributed by atoms with Crippen molar-refractivity contribution in [3.63, 3.8) is 0 Å². The summed E-state index contributed by atoms with van der Waals surface area (Å²) in [5.74, 6) is -0.158. The van der Waals surface area contributed by atoms with Gasteiger partial charge in [0, 0.05) is 25.7 Å². The Hall–Kier alpha value is -1.13. The molecule has 4 heteroatoms. The Kier molecular flexibility index (Phi) is 4.19. The lowest BCUT2D eigenvalue weighted by Crippen LogP contribution is -2.29. The number of rotatable bonds is 2. The Morgan fingerprint density at radius 1 is 1.22 bits per heavy atom. The van der Waals surface area contributed by atoms with E-state index in [1.54, 1.807) is 6.07 Å². The summed E-state index contributed by atoms with van der Waals surface area (Å²) in [7, 11) is 2.11. The van der Waals surface area contributed by atoms with Crippen molar-refractivity contribution in [1.82, 2.24) is 4.90 Å². The predicted molar refractivity (Wildman–Crippen MR) is 73.3 cm³/mol. The first kappa shape index (κ1) is 13.3. The molecular weight excluding hydrogens is 229 g/mol. The number of benzene rings is 1. The molecule has 0 radical (unpaired) electrons. The Balaban J connectivity index is 2.17. The van der Waals surface area contributed by atoms with Gasteiger partial charge in [-0.05, 0) is 44.6 Å². The number of hydrogen-bond donors (Lipinski definition) is 1. The van der Waals surface area contributed by atoms with Gasteiger partial charge in [0.1, 0.15) is 5.82 Å². The Morgan fingerprint density at radius 2 is 2.00 bits per heavy atom. The van der Waals surface area contributed by atoms with Gasteiger partial charge in [0.25, 0.3) is 0 Å². The zero-order chi connectivity index (χ0) is 13.1. The predicted octanol–water partition coefficient (Wildman–Crippen LogP) is 1.99. The second-order valence-electron chi connectivity index (χ2n) is 5.14. The van der Waals surface area contributed by atoms with Crippen LogP contribution in [0.3, 0.4) is 0 Å². The molecule has 1 aliphatic heterocycles. The van der Waals surface area contributed by atoms with Crippen LogP contribution in [0.5, 0.6) is 0 Å². The third-order valence-corrected chi connectivity index (χ3v) is 3.56. The third-order valence-electron chi connectivity index (χ3n) is 3.56. The number of anilines is 1. The summed E-state index contributed by atoms with van der Waals surface area (Å²) in [6.07, 6.45) is 1.07. The van der Waals surface area contributed by atoms with Gasteiger partial charge in [-0.15, -0.1) is 0 Å². The van der Waals surface area contributed by atoms with E-state index in [9.17, 15) is 4.39 Å². The van der Waals surface area contributed by atoms with E-state index in [2.05, 4.69) is 16.8 Å². The summed E-state index contributed by atoms with van der Waals surface area (Å²) in [6.45, 7) is 5.73. The van der Waals surface area contributed by atoms with Gasteiger partial charge in [-0.1, -0.05) is 6.07 Å². The van der Waals surface area contributed by atoms with Gasteiger partial charge in [0.15, 0.2) is 0 Å². The van der Waals surface area contributed by atoms with Crippen LogP contribution < -0.4 is 10.6 Å². The molecule has 1 fully saturated rings. The highest BCUT2D eigenvalue weighted by molar-refractivity contribution is 5.49. The van der Waals surface area contributed by atoms with Gasteiger partial charge < -0.3 is 15.5 Å². The van der Waals surface area contributed by atoms with Crippen LogP contribution in [-0.4, -0.2) is 38.1 Å². The van der Waals surface area contributed by atoms with Crippen molar-refractivity contribution in [1.29, 1.82) is 0 Å². The molecule has 2 rings (SSSR count). The lowest BCUT2D eigenvalue weighted by Gasteiger charge is -2.24. The summed E-state index contributed by atoms with van der Waals surface area (Å²) in [5.41, 5.74) is 7.32. The van der Waals surface area contributed by atoms with Crippen molar-refractivity contribution < 1.29 is 4.39 Å². The van der Waals surface area contributed by atoms with Gasteiger partial charge in [0.2, 0.25) is 0 Å². The Labute approximate surface area is 108 Å². The van der Waals surface area contributed by atoms with E-state index in [0.29, 0.717) is 5.69 Å². The fourth-order valence-corrected chi connectivity index (χ4v) is 2.35. The van der Waals surface area contributed by atoms with Crippen LogP contribution in [0.2, 0.25) is 0 Å². The van der Waals surface area contributed by atoms with Crippen LogP contribution in [0.1, 0.15) is 24.9 Å². The molecule has 3 nitrogen and oxygen atoms in total. The molecule has 2 N–H and O–H groups in total. The highest BCUT2D eigenvalue weighted by Crippen LogP contribution is 2.23. The molecule has 0 aromatic heterocycles. The molecule has 100 valence electrons. The highest BCUT2D eigenvalue weighted by atomic mass is 19.1. The average molecular weight is 251 g/mol. The molecule has 0 spiro atoms. The summed E-state index contributed by atoms with van der Waals surface area (Å²) >= 11 is 0. The first-order chi connectivity index (χ1) is 8.58. The molecule has 1 saturated heterocycles. The van der Waals surface area contributed by atoms with E-state index in [-0.39, 0.29) is 11.9 Å². The number of likely N-dealkylation sites (N-methyl/N-ethyl adjacent to an activating group) is 1. The quantitative estimate of drug-likeness (QED) is 0.872. The fourth-order valence-electron chi connectivity index (χ4n) is 2.35. The molecule has 1 aromatic carbocycles. The maximum atomic E-state index is 14.1. The lowest BCUT2D eigenvalue weighted by atomic mass is 10.1. The van der Waals surface area contributed by atoms with Gasteiger partial charge in [-0.25, -0.2) is 4.39 Å². The van der Waals surface area contributed by atoms with Crippen LogP contribution in [0.4, 0.5) is 10.1 Å². The Morgan fingerprint density at radius 3 is 2.67 bits per heavy atom. The molecule has 0 bridgehead atoms. The minimum Gasteiger partial charge on any atom is -0.368 e. The average Bonchev–Trinajstić information content (AvgIpc) is 2.54. The van der Waals surface area contributed by atoms with E-state index < -0.39 is 0 Å². The van der Waals surface area contributed by atoms with Gasteiger partial charge in [-0.2, -0.15) is 0 Å². The minimum absolute atomic E-state index is 0.121. The van der Waals surface area contributed by atoms with Crippen molar-refractivity contribution in [2.75, 3.05) is 38.1 Å². The van der Waals surface area contributed by atoms with Crippen molar-refractivity contribution in [2.24, 2.45) is 5.73 Å². The molecule has 1 aliphatic rings. The smallest absolute Gasteiger partial charge is 0.146 e. The lowest BCUT2D eigenvalue weighted by molar-refractivity contribution is 0.360. The van der Waals surface area contributed by atoms with Crippen LogP contribution in [0, 0.1) is 5.82 Å². The molecular formula is C14H22FN3. The maximum Gasteiger partial charge on any atom is 0.146 e.